The molecule has 0 bridgehead atoms. The average molecular weight is 517 g/mol. The van der Waals surface area contributed by atoms with Gasteiger partial charge >= 0.3 is 7.12 Å². The molecule has 0 unspecified atom stereocenters. The summed E-state index contributed by atoms with van der Waals surface area (Å²) in [5.41, 5.74) is 4.50. The van der Waals surface area contributed by atoms with Crippen LogP contribution in [0.4, 0.5) is 10.1 Å². The molecule has 8 heteroatoms. The Kier molecular flexibility index (Phi) is 7.55. The van der Waals surface area contributed by atoms with Crippen LogP contribution in [0.25, 0.3) is 6.08 Å². The Bertz CT molecular complexity index is 1290. The molecule has 2 aromatic rings. The monoisotopic (exact) mass is 517 g/mol. The van der Waals surface area contributed by atoms with E-state index in [4.69, 9.17) is 4.65 Å². The van der Waals surface area contributed by atoms with Crippen LogP contribution in [0.3, 0.4) is 0 Å². The number of hydrogen-bond donors (Lipinski definition) is 2. The molecule has 0 aromatic heterocycles. The van der Waals surface area contributed by atoms with Gasteiger partial charge < -0.3 is 14.8 Å². The largest absolute Gasteiger partial charge is 0.505 e. The third-order valence-corrected chi connectivity index (χ3v) is 8.06. The fourth-order valence-electron chi connectivity index (χ4n) is 6.46. The van der Waals surface area contributed by atoms with Gasteiger partial charge in [0.1, 0.15) is 0 Å². The molecule has 38 heavy (non-hydrogen) atoms. The minimum absolute atomic E-state index is 0.156. The number of carbonyl (C=O) groups excluding carboxylic acids is 2. The van der Waals surface area contributed by atoms with E-state index >= 15 is 0 Å². The van der Waals surface area contributed by atoms with Crippen molar-refractivity contribution in [3.63, 3.8) is 0 Å². The average Bonchev–Trinajstić information content (AvgIpc) is 3.14. The second kappa shape index (κ2) is 10.9. The van der Waals surface area contributed by atoms with Gasteiger partial charge in [0.05, 0.1) is 23.6 Å². The molecule has 2 heterocycles. The summed E-state index contributed by atoms with van der Waals surface area (Å²) in [6.07, 6.45) is 5.31. The number of phenols is 1. The molecule has 0 spiro atoms. The summed E-state index contributed by atoms with van der Waals surface area (Å²) < 4.78 is 19.8. The molecule has 0 radical (unpaired) electrons. The van der Waals surface area contributed by atoms with Gasteiger partial charge in [-0.25, -0.2) is 4.39 Å². The Labute approximate surface area is 223 Å². The lowest BCUT2D eigenvalue weighted by molar-refractivity contribution is -0.122. The number of halogens is 1. The van der Waals surface area contributed by atoms with Gasteiger partial charge in [-0.2, -0.15) is 0 Å². The van der Waals surface area contributed by atoms with Crippen LogP contribution in [-0.2, 0) is 14.2 Å². The van der Waals surface area contributed by atoms with Gasteiger partial charge in [0.25, 0.3) is 0 Å². The van der Waals surface area contributed by atoms with E-state index in [1.54, 1.807) is 18.2 Å². The van der Waals surface area contributed by atoms with Crippen LogP contribution in [0.2, 0.25) is 6.32 Å². The van der Waals surface area contributed by atoms with Crippen LogP contribution in [0, 0.1) is 23.6 Å². The molecule has 3 aliphatic rings. The first-order chi connectivity index (χ1) is 18.3. The predicted octanol–water partition coefficient (Wildman–Crippen LogP) is 5.52. The van der Waals surface area contributed by atoms with Crippen molar-refractivity contribution in [2.75, 3.05) is 4.90 Å². The van der Waals surface area contributed by atoms with Crippen molar-refractivity contribution in [3.8, 4) is 5.75 Å². The van der Waals surface area contributed by atoms with Gasteiger partial charge in [-0.3, -0.25) is 14.5 Å². The molecule has 2 amide bonds. The summed E-state index contributed by atoms with van der Waals surface area (Å²) in [7, 11) is -1.01. The van der Waals surface area contributed by atoms with Crippen LogP contribution < -0.4 is 4.90 Å². The number of aromatic hydroxyl groups is 1. The molecule has 5 rings (SSSR count). The van der Waals surface area contributed by atoms with Crippen molar-refractivity contribution in [2.45, 2.75) is 58.4 Å². The first-order valence-electron chi connectivity index (χ1n) is 13.4. The quantitative estimate of drug-likeness (QED) is 0.287. The number of benzene rings is 2. The van der Waals surface area contributed by atoms with Gasteiger partial charge in [0.15, 0.2) is 11.6 Å². The number of imide groups is 1. The van der Waals surface area contributed by atoms with Crippen LogP contribution in [0.1, 0.15) is 51.5 Å². The number of anilines is 1. The smallest absolute Gasteiger partial charge is 0.455 e. The zero-order valence-electron chi connectivity index (χ0n) is 21.8. The maximum atomic E-state index is 13.8. The minimum Gasteiger partial charge on any atom is -0.505 e. The lowest BCUT2D eigenvalue weighted by Gasteiger charge is -2.43. The Hall–Kier alpha value is -3.23. The number of fused-ring (bicyclic) bond motifs is 3. The minimum atomic E-state index is -1.01. The second-order valence-corrected chi connectivity index (χ2v) is 10.7. The molecular formula is C30H33BFNO5. The number of amides is 2. The third kappa shape index (κ3) is 4.95. The lowest BCUT2D eigenvalue weighted by atomic mass is 9.58. The number of nitrogens with zero attached hydrogens (tertiary/aromatic N) is 1. The van der Waals surface area contributed by atoms with Crippen LogP contribution >= 0.6 is 0 Å². The van der Waals surface area contributed by atoms with E-state index < -0.39 is 24.8 Å². The first-order valence-corrected chi connectivity index (χ1v) is 13.4. The number of phenolic OH excluding ortho intramolecular Hbond substituents is 1. The maximum absolute atomic E-state index is 13.8. The molecule has 198 valence electrons. The van der Waals surface area contributed by atoms with E-state index in [1.807, 2.05) is 31.2 Å². The standard InChI is InChI=1S/C30H33BFNO5/c1-3-7-20-16-22-28(30(36)33(29(22)35)21-8-5-4-6-9-21)23-17-31(37)38-26(27(20)23)13-10-18(2)14-19-11-12-25(34)24(32)15-19/h4-6,8-9,11-12,14-15,22-23,26,28,34,37H,3,7,10,13,16-17H2,1-2H3/b18-14+/t22-,23+,26-,28-/m1/s1. The highest BCUT2D eigenvalue weighted by Crippen LogP contribution is 2.52. The molecule has 6 nitrogen and oxygen atoms in total. The molecule has 2 aliphatic heterocycles. The predicted molar refractivity (Wildman–Crippen MR) is 145 cm³/mol. The summed E-state index contributed by atoms with van der Waals surface area (Å²) in [6, 6.07) is 13.3. The van der Waals surface area contributed by atoms with Crippen molar-refractivity contribution in [2.24, 2.45) is 17.8 Å². The fraction of sp³-hybridized carbons (Fsp3) is 0.400. The molecule has 2 aromatic carbocycles. The summed E-state index contributed by atoms with van der Waals surface area (Å²) in [4.78, 5) is 28.6. The van der Waals surface area contributed by atoms with E-state index in [0.717, 1.165) is 24.0 Å². The molecule has 2 fully saturated rings. The maximum Gasteiger partial charge on any atom is 0.455 e. The van der Waals surface area contributed by atoms with E-state index in [-0.39, 0.29) is 29.6 Å². The molecule has 1 aliphatic carbocycles. The molecule has 2 N–H and O–H groups in total. The Morgan fingerprint density at radius 1 is 1.16 bits per heavy atom. The van der Waals surface area contributed by atoms with Gasteiger partial charge in [0.2, 0.25) is 11.8 Å². The number of allylic oxidation sites excluding steroid dienone is 2. The topological polar surface area (TPSA) is 87.1 Å². The third-order valence-electron chi connectivity index (χ3n) is 8.06. The number of hydrogen-bond acceptors (Lipinski definition) is 5. The second-order valence-electron chi connectivity index (χ2n) is 10.7. The van der Waals surface area contributed by atoms with E-state index in [1.165, 1.54) is 22.6 Å². The van der Waals surface area contributed by atoms with Gasteiger partial charge in [-0.15, -0.1) is 0 Å². The van der Waals surface area contributed by atoms with E-state index in [2.05, 4.69) is 6.92 Å². The molecule has 0 saturated carbocycles. The number of carbonyl (C=O) groups is 2. The van der Waals surface area contributed by atoms with Crippen molar-refractivity contribution in [1.82, 2.24) is 0 Å². The van der Waals surface area contributed by atoms with Crippen molar-refractivity contribution >= 4 is 30.7 Å². The zero-order chi connectivity index (χ0) is 27.0. The van der Waals surface area contributed by atoms with Crippen LogP contribution in [0.5, 0.6) is 5.75 Å². The Morgan fingerprint density at radius 3 is 2.63 bits per heavy atom. The number of para-hydroxylation sites is 1. The number of rotatable bonds is 7. The SMILES string of the molecule is CCCC1=C2[C@@H](CC/C(C)=C/c3ccc(O)c(F)c3)OB(O)C[C@@H]2[C@@H]2C(=O)N(c3ccccc3)C(=O)[C@@H]2C1. The summed E-state index contributed by atoms with van der Waals surface area (Å²) in [5.74, 6) is -2.57. The first kappa shape index (κ1) is 26.4. The van der Waals surface area contributed by atoms with Crippen LogP contribution in [-0.4, -0.2) is 35.2 Å². The Morgan fingerprint density at radius 2 is 1.92 bits per heavy atom. The van der Waals surface area contributed by atoms with Crippen molar-refractivity contribution in [3.05, 3.63) is 76.6 Å². The van der Waals surface area contributed by atoms with E-state index in [9.17, 15) is 24.1 Å². The highest BCUT2D eigenvalue weighted by atomic mass is 19.1. The Balaban J connectivity index is 1.42. The van der Waals surface area contributed by atoms with Crippen LogP contribution in [0.15, 0.2) is 65.3 Å². The van der Waals surface area contributed by atoms with Gasteiger partial charge in [-0.1, -0.05) is 54.8 Å². The summed E-state index contributed by atoms with van der Waals surface area (Å²) in [6.45, 7) is 4.06. The van der Waals surface area contributed by atoms with Gasteiger partial charge in [0, 0.05) is 0 Å². The normalized spacial score (nSPS) is 25.6. The zero-order valence-corrected chi connectivity index (χ0v) is 21.8. The molecule has 4 atom stereocenters. The van der Waals surface area contributed by atoms with Gasteiger partial charge in [-0.05, 0) is 80.2 Å². The molecule has 2 saturated heterocycles. The van der Waals surface area contributed by atoms with Crippen molar-refractivity contribution in [1.29, 1.82) is 0 Å². The summed E-state index contributed by atoms with van der Waals surface area (Å²) in [5, 5.41) is 20.2. The summed E-state index contributed by atoms with van der Waals surface area (Å²) >= 11 is 0. The van der Waals surface area contributed by atoms with Crippen molar-refractivity contribution < 1.29 is 28.8 Å². The highest BCUT2D eigenvalue weighted by molar-refractivity contribution is 6.43. The molecular weight excluding hydrogens is 484 g/mol. The highest BCUT2D eigenvalue weighted by Gasteiger charge is 2.57. The fourth-order valence-corrected chi connectivity index (χ4v) is 6.46. The van der Waals surface area contributed by atoms with E-state index in [0.29, 0.717) is 36.8 Å². The lowest BCUT2D eigenvalue weighted by Crippen LogP contribution is -2.46.